The summed E-state index contributed by atoms with van der Waals surface area (Å²) < 4.78 is 4.53. The molecule has 1 aromatic heterocycles. The van der Waals surface area contributed by atoms with Crippen molar-refractivity contribution in [1.82, 2.24) is 4.57 Å². The molecule has 1 aromatic carbocycles. The summed E-state index contributed by atoms with van der Waals surface area (Å²) in [4.78, 5) is 0. The van der Waals surface area contributed by atoms with Crippen LogP contribution in [0.25, 0.3) is 0 Å². The van der Waals surface area contributed by atoms with E-state index < -0.39 is 0 Å². The number of rotatable bonds is 3. The van der Waals surface area contributed by atoms with Crippen LogP contribution in [0.3, 0.4) is 0 Å². The van der Waals surface area contributed by atoms with Gasteiger partial charge in [0.15, 0.2) is 0 Å². The van der Waals surface area contributed by atoms with Gasteiger partial charge in [-0.05, 0) is 19.4 Å². The zero-order valence-electron chi connectivity index (χ0n) is 10.2. The van der Waals surface area contributed by atoms with E-state index in [2.05, 4.69) is 72.8 Å². The summed E-state index contributed by atoms with van der Waals surface area (Å²) in [5.41, 5.74) is 1.36. The Morgan fingerprint density at radius 1 is 1.19 bits per heavy atom. The first-order valence-corrected chi connectivity index (χ1v) is 5.77. The van der Waals surface area contributed by atoms with Gasteiger partial charge in [0.25, 0.3) is 5.82 Å². The Hall–Kier alpha value is -1.57. The van der Waals surface area contributed by atoms with Crippen LogP contribution >= 0.6 is 0 Å². The second-order valence-electron chi connectivity index (χ2n) is 4.49. The van der Waals surface area contributed by atoms with Crippen LogP contribution in [0, 0.1) is 0 Å². The Kier molecular flexibility index (Phi) is 3.09. The van der Waals surface area contributed by atoms with E-state index in [1.807, 2.05) is 0 Å². The van der Waals surface area contributed by atoms with Crippen LogP contribution in [0.5, 0.6) is 0 Å². The summed E-state index contributed by atoms with van der Waals surface area (Å²) in [6.07, 6.45) is 5.27. The molecule has 0 spiro atoms. The summed E-state index contributed by atoms with van der Waals surface area (Å²) in [7, 11) is 2.11. The van der Waals surface area contributed by atoms with Crippen molar-refractivity contribution in [2.24, 2.45) is 7.05 Å². The predicted octanol–water partition coefficient (Wildman–Crippen LogP) is 2.48. The SMILES string of the molecule is CC(C)n1cc[n+](C)c1Cc1ccccc1. The van der Waals surface area contributed by atoms with Crippen LogP contribution in [0.2, 0.25) is 0 Å². The van der Waals surface area contributed by atoms with E-state index in [0.29, 0.717) is 6.04 Å². The molecule has 0 bridgehead atoms. The minimum absolute atomic E-state index is 0.514. The third-order valence-corrected chi connectivity index (χ3v) is 2.92. The molecule has 0 radical (unpaired) electrons. The summed E-state index contributed by atoms with van der Waals surface area (Å²) in [5, 5.41) is 0. The molecule has 0 saturated heterocycles. The Bertz CT molecular complexity index is 455. The minimum Gasteiger partial charge on any atom is -0.237 e. The fourth-order valence-electron chi connectivity index (χ4n) is 1.99. The molecule has 1 heterocycles. The highest BCUT2D eigenvalue weighted by molar-refractivity contribution is 5.18. The lowest BCUT2D eigenvalue weighted by atomic mass is 10.1. The van der Waals surface area contributed by atoms with Gasteiger partial charge in [-0.25, -0.2) is 9.13 Å². The molecule has 0 unspecified atom stereocenters. The first kappa shape index (κ1) is 10.9. The number of benzene rings is 1. The van der Waals surface area contributed by atoms with Crippen molar-refractivity contribution in [2.45, 2.75) is 26.3 Å². The molecule has 2 rings (SSSR count). The quantitative estimate of drug-likeness (QED) is 0.696. The van der Waals surface area contributed by atoms with Crippen molar-refractivity contribution in [2.75, 3.05) is 0 Å². The van der Waals surface area contributed by atoms with Crippen LogP contribution in [-0.2, 0) is 13.5 Å². The number of hydrogen-bond acceptors (Lipinski definition) is 0. The van der Waals surface area contributed by atoms with E-state index >= 15 is 0 Å². The van der Waals surface area contributed by atoms with Crippen LogP contribution in [-0.4, -0.2) is 4.57 Å². The van der Waals surface area contributed by atoms with Gasteiger partial charge >= 0.3 is 0 Å². The molecule has 0 N–H and O–H groups in total. The van der Waals surface area contributed by atoms with Gasteiger partial charge in [-0.2, -0.15) is 0 Å². The van der Waals surface area contributed by atoms with Crippen LogP contribution in [0.4, 0.5) is 0 Å². The highest BCUT2D eigenvalue weighted by Gasteiger charge is 2.16. The molecule has 2 aromatic rings. The number of hydrogen-bond donors (Lipinski definition) is 0. The molecule has 2 heteroatoms. The fraction of sp³-hybridized carbons (Fsp3) is 0.357. The van der Waals surface area contributed by atoms with E-state index in [-0.39, 0.29) is 0 Å². The highest BCUT2D eigenvalue weighted by atomic mass is 15.1. The molecule has 2 nitrogen and oxygen atoms in total. The maximum absolute atomic E-state index is 2.33. The standard InChI is InChI=1S/C14H19N2/c1-12(2)16-10-9-15(3)14(16)11-13-7-5-4-6-8-13/h4-10,12H,11H2,1-3H3/q+1. The van der Waals surface area contributed by atoms with Gasteiger partial charge in [0, 0.05) is 0 Å². The molecule has 0 aliphatic heterocycles. The second kappa shape index (κ2) is 4.52. The van der Waals surface area contributed by atoms with Gasteiger partial charge in [0.1, 0.15) is 12.4 Å². The van der Waals surface area contributed by atoms with Crippen LogP contribution in [0.15, 0.2) is 42.7 Å². The van der Waals surface area contributed by atoms with Gasteiger partial charge in [-0.1, -0.05) is 30.3 Å². The molecule has 0 atom stereocenters. The Morgan fingerprint density at radius 3 is 2.50 bits per heavy atom. The normalized spacial score (nSPS) is 11.0. The van der Waals surface area contributed by atoms with Crippen molar-refractivity contribution < 1.29 is 4.57 Å². The minimum atomic E-state index is 0.514. The van der Waals surface area contributed by atoms with Crippen LogP contribution < -0.4 is 4.57 Å². The zero-order valence-corrected chi connectivity index (χ0v) is 10.2. The lowest BCUT2D eigenvalue weighted by Crippen LogP contribution is -2.32. The molecule has 0 fully saturated rings. The maximum Gasteiger partial charge on any atom is 0.260 e. The van der Waals surface area contributed by atoms with Crippen molar-refractivity contribution in [3.05, 3.63) is 54.1 Å². The largest absolute Gasteiger partial charge is 0.260 e. The smallest absolute Gasteiger partial charge is 0.237 e. The molecule has 0 aliphatic carbocycles. The van der Waals surface area contributed by atoms with Gasteiger partial charge in [-0.15, -0.1) is 0 Å². The van der Waals surface area contributed by atoms with E-state index in [0.717, 1.165) is 6.42 Å². The monoisotopic (exact) mass is 215 g/mol. The predicted molar refractivity (Wildman–Crippen MR) is 65.2 cm³/mol. The number of imidazole rings is 1. The highest BCUT2D eigenvalue weighted by Crippen LogP contribution is 2.11. The van der Waals surface area contributed by atoms with E-state index in [1.54, 1.807) is 0 Å². The summed E-state index contributed by atoms with van der Waals surface area (Å²) in [6.45, 7) is 4.43. The number of aromatic nitrogens is 2. The van der Waals surface area contributed by atoms with Gasteiger partial charge in [0.2, 0.25) is 0 Å². The average Bonchev–Trinajstić information content (AvgIpc) is 2.62. The van der Waals surface area contributed by atoms with Gasteiger partial charge in [-0.3, -0.25) is 0 Å². The Balaban J connectivity index is 2.31. The van der Waals surface area contributed by atoms with Crippen molar-refractivity contribution in [3.63, 3.8) is 0 Å². The first-order valence-electron chi connectivity index (χ1n) is 5.77. The van der Waals surface area contributed by atoms with Gasteiger partial charge in [0.05, 0.1) is 19.5 Å². The van der Waals surface area contributed by atoms with Crippen molar-refractivity contribution in [3.8, 4) is 0 Å². The third-order valence-electron chi connectivity index (χ3n) is 2.92. The fourth-order valence-corrected chi connectivity index (χ4v) is 1.99. The molecule has 16 heavy (non-hydrogen) atoms. The maximum atomic E-state index is 2.33. The van der Waals surface area contributed by atoms with E-state index in [1.165, 1.54) is 11.4 Å². The Morgan fingerprint density at radius 2 is 1.88 bits per heavy atom. The lowest BCUT2D eigenvalue weighted by molar-refractivity contribution is -0.678. The van der Waals surface area contributed by atoms with E-state index in [9.17, 15) is 0 Å². The number of aryl methyl sites for hydroxylation is 1. The summed E-state index contributed by atoms with van der Waals surface area (Å²) >= 11 is 0. The second-order valence-corrected chi connectivity index (χ2v) is 4.49. The summed E-state index contributed by atoms with van der Waals surface area (Å²) in [5.74, 6) is 1.35. The topological polar surface area (TPSA) is 8.81 Å². The van der Waals surface area contributed by atoms with Gasteiger partial charge < -0.3 is 0 Å². The summed E-state index contributed by atoms with van der Waals surface area (Å²) in [6, 6.07) is 11.1. The lowest BCUT2D eigenvalue weighted by Gasteiger charge is -2.05. The zero-order chi connectivity index (χ0) is 11.5. The molecule has 84 valence electrons. The molecule has 0 amide bonds. The average molecular weight is 215 g/mol. The Labute approximate surface area is 97.2 Å². The molecule has 0 aliphatic rings. The number of nitrogens with zero attached hydrogens (tertiary/aromatic N) is 2. The molecular weight excluding hydrogens is 196 g/mol. The van der Waals surface area contributed by atoms with Crippen LogP contribution in [0.1, 0.15) is 31.3 Å². The first-order chi connectivity index (χ1) is 7.68. The molecular formula is C14H19N2+. The van der Waals surface area contributed by atoms with Crippen molar-refractivity contribution in [1.29, 1.82) is 0 Å². The third kappa shape index (κ3) is 2.16. The van der Waals surface area contributed by atoms with E-state index in [4.69, 9.17) is 0 Å². The molecule has 0 saturated carbocycles. The van der Waals surface area contributed by atoms with Crippen molar-refractivity contribution >= 4 is 0 Å².